The molecule has 1 nitrogen and oxygen atoms in total. The average molecular weight is 296 g/mol. The Labute approximate surface area is 113 Å². The highest BCUT2D eigenvalue weighted by molar-refractivity contribution is 9.10. The van der Waals surface area contributed by atoms with Crippen LogP contribution in [0.2, 0.25) is 0 Å². The van der Waals surface area contributed by atoms with Crippen LogP contribution >= 0.6 is 15.9 Å². The van der Waals surface area contributed by atoms with Gasteiger partial charge in [0.25, 0.3) is 0 Å². The van der Waals surface area contributed by atoms with E-state index in [4.69, 9.17) is 0 Å². The van der Waals surface area contributed by atoms with Gasteiger partial charge in [-0.15, -0.1) is 0 Å². The number of rotatable bonds is 6. The summed E-state index contributed by atoms with van der Waals surface area (Å²) in [6.45, 7) is 6.78. The molecular formula is C15H22BrN. The van der Waals surface area contributed by atoms with Crippen molar-refractivity contribution in [1.82, 2.24) is 5.32 Å². The van der Waals surface area contributed by atoms with Gasteiger partial charge in [0.1, 0.15) is 0 Å². The lowest BCUT2D eigenvalue weighted by Gasteiger charge is -2.18. The summed E-state index contributed by atoms with van der Waals surface area (Å²) in [6, 6.07) is 8.86. The first-order valence-corrected chi connectivity index (χ1v) is 7.42. The molecule has 0 saturated heterocycles. The lowest BCUT2D eigenvalue weighted by Crippen LogP contribution is -2.26. The van der Waals surface area contributed by atoms with Crippen LogP contribution in [0.3, 0.4) is 0 Å². The fourth-order valence-corrected chi connectivity index (χ4v) is 2.56. The third kappa shape index (κ3) is 4.11. The van der Waals surface area contributed by atoms with Crippen LogP contribution in [-0.4, -0.2) is 13.1 Å². The Balaban J connectivity index is 1.94. The first-order chi connectivity index (χ1) is 8.16. The van der Waals surface area contributed by atoms with Crippen molar-refractivity contribution in [2.24, 2.45) is 11.8 Å². The van der Waals surface area contributed by atoms with E-state index in [1.54, 1.807) is 0 Å². The summed E-state index contributed by atoms with van der Waals surface area (Å²) in [4.78, 5) is 0. The highest BCUT2D eigenvalue weighted by Gasteiger charge is 2.31. The average Bonchev–Trinajstić information content (AvgIpc) is 3.10. The van der Waals surface area contributed by atoms with Crippen LogP contribution in [-0.2, 0) is 0 Å². The number of halogens is 1. The molecule has 17 heavy (non-hydrogen) atoms. The number of benzene rings is 1. The zero-order valence-electron chi connectivity index (χ0n) is 10.7. The van der Waals surface area contributed by atoms with Crippen LogP contribution in [0.5, 0.6) is 0 Å². The topological polar surface area (TPSA) is 12.0 Å². The summed E-state index contributed by atoms with van der Waals surface area (Å²) in [5.74, 6) is 2.36. The van der Waals surface area contributed by atoms with E-state index in [0.717, 1.165) is 24.9 Å². The minimum atomic E-state index is 0.710. The molecule has 1 atom stereocenters. The molecule has 1 unspecified atom stereocenters. The zero-order chi connectivity index (χ0) is 12.3. The van der Waals surface area contributed by atoms with Gasteiger partial charge in [-0.05, 0) is 54.8 Å². The van der Waals surface area contributed by atoms with Crippen LogP contribution < -0.4 is 5.32 Å². The van der Waals surface area contributed by atoms with Crippen LogP contribution in [0.25, 0.3) is 0 Å². The monoisotopic (exact) mass is 295 g/mol. The maximum Gasteiger partial charge on any atom is 0.0175 e. The molecule has 0 spiro atoms. The largest absolute Gasteiger partial charge is 0.316 e. The van der Waals surface area contributed by atoms with E-state index in [1.807, 2.05) is 0 Å². The van der Waals surface area contributed by atoms with Gasteiger partial charge in [0, 0.05) is 11.0 Å². The maximum atomic E-state index is 3.61. The van der Waals surface area contributed by atoms with E-state index in [0.29, 0.717) is 5.92 Å². The van der Waals surface area contributed by atoms with E-state index in [1.165, 1.54) is 22.9 Å². The summed E-state index contributed by atoms with van der Waals surface area (Å²) >= 11 is 3.50. The van der Waals surface area contributed by atoms with Gasteiger partial charge in [-0.3, -0.25) is 0 Å². The summed E-state index contributed by atoms with van der Waals surface area (Å²) in [5.41, 5.74) is 1.49. The van der Waals surface area contributed by atoms with Gasteiger partial charge in [-0.25, -0.2) is 0 Å². The Hall–Kier alpha value is -0.340. The molecule has 94 valence electrons. The SMILES string of the molecule is CC(C)CNCC(c1ccc(Br)cc1)C1CC1. The van der Waals surface area contributed by atoms with Crippen LogP contribution in [0.4, 0.5) is 0 Å². The molecule has 0 bridgehead atoms. The van der Waals surface area contributed by atoms with Crippen LogP contribution in [0.15, 0.2) is 28.7 Å². The number of nitrogens with one attached hydrogen (secondary N) is 1. The molecule has 1 aromatic rings. The maximum absolute atomic E-state index is 3.61. The molecule has 2 rings (SSSR count). The second kappa shape index (κ2) is 6.01. The van der Waals surface area contributed by atoms with Gasteiger partial charge < -0.3 is 5.32 Å². The van der Waals surface area contributed by atoms with Crippen molar-refractivity contribution in [3.05, 3.63) is 34.3 Å². The quantitative estimate of drug-likeness (QED) is 0.830. The van der Waals surface area contributed by atoms with Gasteiger partial charge >= 0.3 is 0 Å². The van der Waals surface area contributed by atoms with Crippen molar-refractivity contribution in [2.45, 2.75) is 32.6 Å². The highest BCUT2D eigenvalue weighted by atomic mass is 79.9. The smallest absolute Gasteiger partial charge is 0.0175 e. The third-order valence-electron chi connectivity index (χ3n) is 3.41. The van der Waals surface area contributed by atoms with Gasteiger partial charge in [0.15, 0.2) is 0 Å². The molecule has 1 saturated carbocycles. The van der Waals surface area contributed by atoms with E-state index in [9.17, 15) is 0 Å². The summed E-state index contributed by atoms with van der Waals surface area (Å²) < 4.78 is 1.17. The second-order valence-corrected chi connectivity index (χ2v) is 6.46. The number of hydrogen-bond donors (Lipinski definition) is 1. The molecular weight excluding hydrogens is 274 g/mol. The van der Waals surface area contributed by atoms with E-state index in [-0.39, 0.29) is 0 Å². The standard InChI is InChI=1S/C15H22BrN/c1-11(2)9-17-10-15(12-3-4-12)13-5-7-14(16)8-6-13/h5-8,11-12,15,17H,3-4,9-10H2,1-2H3. The predicted molar refractivity (Wildman–Crippen MR) is 77.3 cm³/mol. The Bertz CT molecular complexity index is 340. The Morgan fingerprint density at radius 1 is 1.18 bits per heavy atom. The second-order valence-electron chi connectivity index (χ2n) is 5.55. The number of hydrogen-bond acceptors (Lipinski definition) is 1. The molecule has 0 aliphatic heterocycles. The van der Waals surface area contributed by atoms with Crippen molar-refractivity contribution in [3.63, 3.8) is 0 Å². The Morgan fingerprint density at radius 3 is 2.35 bits per heavy atom. The van der Waals surface area contributed by atoms with Crippen LogP contribution in [0, 0.1) is 11.8 Å². The lowest BCUT2D eigenvalue weighted by atomic mass is 9.94. The summed E-state index contributed by atoms with van der Waals surface area (Å²) in [5, 5.41) is 3.61. The molecule has 2 heteroatoms. The first kappa shape index (κ1) is 13.1. The Kier molecular flexibility index (Phi) is 4.63. The summed E-state index contributed by atoms with van der Waals surface area (Å²) in [6.07, 6.45) is 2.81. The molecule has 1 aliphatic carbocycles. The molecule has 1 N–H and O–H groups in total. The normalized spacial score (nSPS) is 17.4. The van der Waals surface area contributed by atoms with Gasteiger partial charge in [-0.1, -0.05) is 41.9 Å². The molecule has 1 aromatic carbocycles. The van der Waals surface area contributed by atoms with Crippen molar-refractivity contribution >= 4 is 15.9 Å². The first-order valence-electron chi connectivity index (χ1n) is 6.63. The van der Waals surface area contributed by atoms with E-state index >= 15 is 0 Å². The molecule has 1 fully saturated rings. The third-order valence-corrected chi connectivity index (χ3v) is 3.93. The summed E-state index contributed by atoms with van der Waals surface area (Å²) in [7, 11) is 0. The van der Waals surface area contributed by atoms with E-state index in [2.05, 4.69) is 59.4 Å². The molecule has 0 amide bonds. The van der Waals surface area contributed by atoms with Gasteiger partial charge in [-0.2, -0.15) is 0 Å². The van der Waals surface area contributed by atoms with Crippen molar-refractivity contribution in [3.8, 4) is 0 Å². The minimum Gasteiger partial charge on any atom is -0.316 e. The molecule has 0 radical (unpaired) electrons. The fraction of sp³-hybridized carbons (Fsp3) is 0.600. The molecule has 1 aliphatic rings. The van der Waals surface area contributed by atoms with E-state index < -0.39 is 0 Å². The fourth-order valence-electron chi connectivity index (χ4n) is 2.29. The van der Waals surface area contributed by atoms with Crippen molar-refractivity contribution < 1.29 is 0 Å². The van der Waals surface area contributed by atoms with Gasteiger partial charge in [0.05, 0.1) is 0 Å². The lowest BCUT2D eigenvalue weighted by molar-refractivity contribution is 0.491. The highest BCUT2D eigenvalue weighted by Crippen LogP contribution is 2.42. The zero-order valence-corrected chi connectivity index (χ0v) is 12.3. The predicted octanol–water partition coefficient (Wildman–Crippen LogP) is 4.19. The van der Waals surface area contributed by atoms with Crippen molar-refractivity contribution in [1.29, 1.82) is 0 Å². The van der Waals surface area contributed by atoms with Crippen LogP contribution in [0.1, 0.15) is 38.2 Å². The van der Waals surface area contributed by atoms with Crippen molar-refractivity contribution in [2.75, 3.05) is 13.1 Å². The molecule has 0 aromatic heterocycles. The molecule has 0 heterocycles. The van der Waals surface area contributed by atoms with Gasteiger partial charge in [0.2, 0.25) is 0 Å². The minimum absolute atomic E-state index is 0.710. The Morgan fingerprint density at radius 2 is 1.82 bits per heavy atom.